The molecule has 0 spiro atoms. The minimum atomic E-state index is -2.16. The normalized spacial score (nSPS) is 31.5. The zero-order valence-electron chi connectivity index (χ0n) is 11.2. The molecular formula is C13H13FN4O4. The standard InChI is InChI=1S/C13H13FN4O4/c1-2-13(21)9(20)7(4-19)22-12(13)18-3-6(14)8-10(15)16-5-17-11(8)18/h1,3,5,7,9,12,19-21H,4H2,(H2,15,16,17)/t7-,9-,12-,13-/m1/s1. The molecule has 1 aliphatic rings. The highest BCUT2D eigenvalue weighted by atomic mass is 19.1. The highest BCUT2D eigenvalue weighted by molar-refractivity contribution is 5.86. The zero-order chi connectivity index (χ0) is 16.1. The van der Waals surface area contributed by atoms with Gasteiger partial charge < -0.3 is 25.8 Å². The second-order valence-electron chi connectivity index (χ2n) is 4.97. The van der Waals surface area contributed by atoms with Gasteiger partial charge in [-0.05, 0) is 0 Å². The molecule has 0 radical (unpaired) electrons. The summed E-state index contributed by atoms with van der Waals surface area (Å²) in [6.45, 7) is -0.569. The maximum atomic E-state index is 14.1. The Balaban J connectivity index is 2.20. The number of aromatic nitrogens is 3. The van der Waals surface area contributed by atoms with E-state index < -0.39 is 36.5 Å². The van der Waals surface area contributed by atoms with Crippen LogP contribution in [0.5, 0.6) is 0 Å². The average Bonchev–Trinajstić information content (AvgIpc) is 2.97. The van der Waals surface area contributed by atoms with E-state index in [0.717, 1.165) is 17.1 Å². The first-order valence-corrected chi connectivity index (χ1v) is 6.35. The second-order valence-corrected chi connectivity index (χ2v) is 4.97. The third-order valence-electron chi connectivity index (χ3n) is 3.74. The maximum absolute atomic E-state index is 14.1. The number of nitrogen functional groups attached to an aromatic ring is 1. The van der Waals surface area contributed by atoms with Crippen molar-refractivity contribution in [3.05, 3.63) is 18.3 Å². The number of aliphatic hydroxyl groups is 3. The number of hydrogen-bond acceptors (Lipinski definition) is 7. The summed E-state index contributed by atoms with van der Waals surface area (Å²) in [5.74, 6) is 1.24. The second kappa shape index (κ2) is 4.89. The minimum absolute atomic E-state index is 0.0487. The molecule has 5 N–H and O–H groups in total. The van der Waals surface area contributed by atoms with Crippen LogP contribution < -0.4 is 5.73 Å². The zero-order valence-corrected chi connectivity index (χ0v) is 11.2. The van der Waals surface area contributed by atoms with Crippen molar-refractivity contribution in [2.75, 3.05) is 12.3 Å². The Kier molecular flexibility index (Phi) is 3.26. The molecule has 4 atom stereocenters. The van der Waals surface area contributed by atoms with Crippen molar-refractivity contribution in [2.45, 2.75) is 24.0 Å². The molecule has 1 aliphatic heterocycles. The number of rotatable bonds is 2. The maximum Gasteiger partial charge on any atom is 0.199 e. The summed E-state index contributed by atoms with van der Waals surface area (Å²) >= 11 is 0. The monoisotopic (exact) mass is 308 g/mol. The van der Waals surface area contributed by atoms with Gasteiger partial charge in [0, 0.05) is 6.20 Å². The number of aliphatic hydroxyl groups excluding tert-OH is 2. The van der Waals surface area contributed by atoms with Gasteiger partial charge in [-0.1, -0.05) is 5.92 Å². The predicted molar refractivity (Wildman–Crippen MR) is 72.7 cm³/mol. The lowest BCUT2D eigenvalue weighted by Gasteiger charge is -2.26. The molecule has 0 saturated carbocycles. The van der Waals surface area contributed by atoms with Crippen molar-refractivity contribution in [3.8, 4) is 12.3 Å². The minimum Gasteiger partial charge on any atom is -0.394 e. The molecule has 0 amide bonds. The van der Waals surface area contributed by atoms with Crippen molar-refractivity contribution < 1.29 is 24.4 Å². The Hall–Kier alpha value is -2.25. The van der Waals surface area contributed by atoms with Crippen molar-refractivity contribution in [2.24, 2.45) is 0 Å². The summed E-state index contributed by atoms with van der Waals surface area (Å²) < 4.78 is 20.6. The first-order valence-electron chi connectivity index (χ1n) is 6.35. The van der Waals surface area contributed by atoms with Crippen molar-refractivity contribution in [1.29, 1.82) is 0 Å². The molecule has 8 nitrogen and oxygen atoms in total. The first-order chi connectivity index (χ1) is 10.4. The van der Waals surface area contributed by atoms with Crippen molar-refractivity contribution >= 4 is 16.9 Å². The molecule has 1 saturated heterocycles. The number of halogens is 1. The molecule has 3 heterocycles. The smallest absolute Gasteiger partial charge is 0.199 e. The molecular weight excluding hydrogens is 295 g/mol. The largest absolute Gasteiger partial charge is 0.394 e. The lowest BCUT2D eigenvalue weighted by molar-refractivity contribution is -0.0720. The Labute approximate surface area is 124 Å². The molecule has 2 aromatic rings. The fourth-order valence-corrected chi connectivity index (χ4v) is 2.59. The van der Waals surface area contributed by atoms with Crippen LogP contribution in [0.1, 0.15) is 6.23 Å². The Morgan fingerprint density at radius 3 is 2.91 bits per heavy atom. The van der Waals surface area contributed by atoms with Gasteiger partial charge in [-0.2, -0.15) is 0 Å². The van der Waals surface area contributed by atoms with E-state index in [1.165, 1.54) is 0 Å². The molecule has 2 aromatic heterocycles. The predicted octanol–water partition coefficient (Wildman–Crippen LogP) is -1.23. The van der Waals surface area contributed by atoms with Gasteiger partial charge in [-0.25, -0.2) is 14.4 Å². The number of ether oxygens (including phenoxy) is 1. The van der Waals surface area contributed by atoms with E-state index in [0.29, 0.717) is 0 Å². The number of anilines is 1. The summed E-state index contributed by atoms with van der Waals surface area (Å²) in [5, 5.41) is 29.7. The van der Waals surface area contributed by atoms with Crippen LogP contribution in [0.3, 0.4) is 0 Å². The highest BCUT2D eigenvalue weighted by Gasteiger charge is 2.55. The summed E-state index contributed by atoms with van der Waals surface area (Å²) in [6.07, 6.45) is 3.41. The number of nitrogens with two attached hydrogens (primary N) is 1. The average molecular weight is 308 g/mol. The van der Waals surface area contributed by atoms with Gasteiger partial charge >= 0.3 is 0 Å². The SMILES string of the molecule is C#C[C@@]1(O)[C@H](O)[C@@H](CO)O[C@H]1n1cc(F)c2c(N)ncnc21. The van der Waals surface area contributed by atoms with Gasteiger partial charge in [0.1, 0.15) is 24.4 Å². The van der Waals surface area contributed by atoms with Gasteiger partial charge in [-0.3, -0.25) is 4.57 Å². The van der Waals surface area contributed by atoms with Gasteiger partial charge in [0.15, 0.2) is 23.3 Å². The Morgan fingerprint density at radius 1 is 1.55 bits per heavy atom. The third kappa shape index (κ3) is 1.79. The summed E-state index contributed by atoms with van der Waals surface area (Å²) in [7, 11) is 0. The topological polar surface area (TPSA) is 127 Å². The molecule has 3 rings (SSSR count). The Morgan fingerprint density at radius 2 is 2.27 bits per heavy atom. The van der Waals surface area contributed by atoms with Crippen LogP contribution in [0.15, 0.2) is 12.5 Å². The van der Waals surface area contributed by atoms with Crippen LogP contribution in [-0.4, -0.2) is 54.3 Å². The van der Waals surface area contributed by atoms with Crippen LogP contribution >= 0.6 is 0 Å². The van der Waals surface area contributed by atoms with E-state index in [1.54, 1.807) is 0 Å². The van der Waals surface area contributed by atoms with E-state index in [4.69, 9.17) is 16.9 Å². The number of fused-ring (bicyclic) bond motifs is 1. The van der Waals surface area contributed by atoms with Crippen LogP contribution in [-0.2, 0) is 4.74 Å². The quantitative estimate of drug-likeness (QED) is 0.511. The highest BCUT2D eigenvalue weighted by Crippen LogP contribution is 2.40. The van der Waals surface area contributed by atoms with E-state index in [-0.39, 0.29) is 16.9 Å². The van der Waals surface area contributed by atoms with Crippen LogP contribution in [0.2, 0.25) is 0 Å². The van der Waals surface area contributed by atoms with Crippen LogP contribution in [0, 0.1) is 18.2 Å². The fraction of sp³-hybridized carbons (Fsp3) is 0.385. The van der Waals surface area contributed by atoms with Gasteiger partial charge in [0.05, 0.1) is 12.0 Å². The van der Waals surface area contributed by atoms with E-state index in [9.17, 15) is 19.7 Å². The number of terminal acetylenes is 1. The molecule has 0 unspecified atom stereocenters. The van der Waals surface area contributed by atoms with Crippen molar-refractivity contribution in [1.82, 2.24) is 14.5 Å². The number of nitrogens with zero attached hydrogens (tertiary/aromatic N) is 3. The Bertz CT molecular complexity index is 773. The van der Waals surface area contributed by atoms with Gasteiger partial charge in [0.2, 0.25) is 0 Å². The van der Waals surface area contributed by atoms with Crippen molar-refractivity contribution in [3.63, 3.8) is 0 Å². The molecule has 0 aliphatic carbocycles. The molecule has 116 valence electrons. The summed E-state index contributed by atoms with van der Waals surface area (Å²) in [4.78, 5) is 7.60. The van der Waals surface area contributed by atoms with E-state index in [2.05, 4.69) is 9.97 Å². The molecule has 22 heavy (non-hydrogen) atoms. The summed E-state index contributed by atoms with van der Waals surface area (Å²) in [5.41, 5.74) is 3.50. The molecule has 0 bridgehead atoms. The van der Waals surface area contributed by atoms with Gasteiger partial charge in [-0.15, -0.1) is 6.42 Å². The van der Waals surface area contributed by atoms with Gasteiger partial charge in [0.25, 0.3) is 0 Å². The molecule has 0 aromatic carbocycles. The lowest BCUT2D eigenvalue weighted by atomic mass is 9.95. The summed E-state index contributed by atoms with van der Waals surface area (Å²) in [6, 6.07) is 0. The molecule has 1 fully saturated rings. The fourth-order valence-electron chi connectivity index (χ4n) is 2.59. The first kappa shape index (κ1) is 14.7. The molecule has 9 heteroatoms. The van der Waals surface area contributed by atoms with Crippen LogP contribution in [0.25, 0.3) is 11.0 Å². The number of hydrogen-bond donors (Lipinski definition) is 4. The lowest BCUT2D eigenvalue weighted by Crippen LogP contribution is -2.45. The third-order valence-corrected chi connectivity index (χ3v) is 3.74. The van der Waals surface area contributed by atoms with Crippen LogP contribution in [0.4, 0.5) is 10.2 Å². The van der Waals surface area contributed by atoms with E-state index >= 15 is 0 Å². The van der Waals surface area contributed by atoms with E-state index in [1.807, 2.05) is 5.92 Å².